The van der Waals surface area contributed by atoms with Crippen LogP contribution in [0.1, 0.15) is 37.6 Å². The largest absolute Gasteiger partial charge is 0.471 e. The van der Waals surface area contributed by atoms with Crippen molar-refractivity contribution in [1.29, 1.82) is 0 Å². The van der Waals surface area contributed by atoms with E-state index in [-0.39, 0.29) is 31.0 Å². The Hall–Kier alpha value is -3.17. The van der Waals surface area contributed by atoms with Gasteiger partial charge in [-0.3, -0.25) is 4.79 Å². The summed E-state index contributed by atoms with van der Waals surface area (Å²) in [4.78, 5) is 33.8. The van der Waals surface area contributed by atoms with E-state index in [0.29, 0.717) is 11.3 Å². The van der Waals surface area contributed by atoms with E-state index in [0.717, 1.165) is 0 Å². The van der Waals surface area contributed by atoms with E-state index in [1.807, 2.05) is 7.05 Å². The number of pyridine rings is 1. The minimum Gasteiger partial charge on any atom is -0.471 e. The van der Waals surface area contributed by atoms with Crippen molar-refractivity contribution in [2.45, 2.75) is 45.1 Å². The molecule has 0 aliphatic carbocycles. The number of aryl methyl sites for hydroxylation is 1. The third-order valence-electron chi connectivity index (χ3n) is 4.51. The molecule has 10 heteroatoms. The predicted octanol–water partition coefficient (Wildman–Crippen LogP) is 2.31. The molecule has 30 heavy (non-hydrogen) atoms. The molecule has 2 atom stereocenters. The van der Waals surface area contributed by atoms with Gasteiger partial charge in [0.15, 0.2) is 6.17 Å². The molecule has 2 N–H and O–H groups in total. The molecule has 3 rings (SSSR count). The number of hydrogen-bond acceptors (Lipinski definition) is 6. The molecule has 162 valence electrons. The van der Waals surface area contributed by atoms with Gasteiger partial charge in [0.25, 0.3) is 5.91 Å². The average molecular weight is 419 g/mol. The number of primary amides is 1. The third kappa shape index (κ3) is 5.05. The fraction of sp³-hybridized carbons (Fsp3) is 0.500. The number of likely N-dealkylation sites (tertiary alicyclic amines) is 1. The van der Waals surface area contributed by atoms with Gasteiger partial charge < -0.3 is 24.7 Å². The van der Waals surface area contributed by atoms with Crippen molar-refractivity contribution in [3.8, 4) is 17.1 Å². The van der Waals surface area contributed by atoms with Crippen LogP contribution in [0.5, 0.6) is 5.88 Å². The van der Waals surface area contributed by atoms with Gasteiger partial charge in [-0.1, -0.05) is 0 Å². The Kier molecular flexibility index (Phi) is 5.95. The van der Waals surface area contributed by atoms with Crippen LogP contribution in [0.4, 0.5) is 9.18 Å². The van der Waals surface area contributed by atoms with Crippen LogP contribution >= 0.6 is 0 Å². The van der Waals surface area contributed by atoms with Crippen LogP contribution in [0.25, 0.3) is 11.3 Å². The van der Waals surface area contributed by atoms with Gasteiger partial charge >= 0.3 is 6.09 Å². The number of halogens is 1. The lowest BCUT2D eigenvalue weighted by molar-refractivity contribution is -0.0115. The summed E-state index contributed by atoms with van der Waals surface area (Å²) in [6.45, 7) is 5.34. The lowest BCUT2D eigenvalue weighted by Gasteiger charge is -2.35. The normalized spacial score (nSPS) is 19.4. The van der Waals surface area contributed by atoms with E-state index in [2.05, 4.69) is 9.97 Å². The third-order valence-corrected chi connectivity index (χ3v) is 4.51. The number of rotatable bonds is 4. The van der Waals surface area contributed by atoms with Crippen LogP contribution in [0.15, 0.2) is 24.8 Å². The molecule has 0 radical (unpaired) electrons. The monoisotopic (exact) mass is 419 g/mol. The zero-order valence-corrected chi connectivity index (χ0v) is 17.5. The van der Waals surface area contributed by atoms with E-state index in [9.17, 15) is 14.0 Å². The Balaban J connectivity index is 1.72. The molecule has 2 aromatic rings. The highest BCUT2D eigenvalue weighted by Gasteiger charge is 2.35. The molecule has 0 unspecified atom stereocenters. The predicted molar refractivity (Wildman–Crippen MR) is 107 cm³/mol. The fourth-order valence-corrected chi connectivity index (χ4v) is 3.08. The molecule has 9 nitrogen and oxygen atoms in total. The number of alkyl halides is 1. The Morgan fingerprint density at radius 1 is 1.30 bits per heavy atom. The van der Waals surface area contributed by atoms with Gasteiger partial charge in [0.2, 0.25) is 5.88 Å². The summed E-state index contributed by atoms with van der Waals surface area (Å²) < 4.78 is 27.5. The van der Waals surface area contributed by atoms with E-state index in [4.69, 9.17) is 15.2 Å². The Morgan fingerprint density at radius 2 is 2.03 bits per heavy atom. The number of hydrogen-bond donors (Lipinski definition) is 1. The molecule has 2 amide bonds. The Bertz CT molecular complexity index is 940. The van der Waals surface area contributed by atoms with E-state index < -0.39 is 29.9 Å². The number of imidazole rings is 1. The number of nitrogens with two attached hydrogens (primary N) is 1. The van der Waals surface area contributed by atoms with Crippen LogP contribution in [0.3, 0.4) is 0 Å². The molecular weight excluding hydrogens is 393 g/mol. The van der Waals surface area contributed by atoms with Gasteiger partial charge in [-0.15, -0.1) is 0 Å². The number of ether oxygens (including phenoxy) is 2. The molecule has 1 aliphatic rings. The lowest BCUT2D eigenvalue weighted by Crippen LogP contribution is -2.50. The zero-order chi connectivity index (χ0) is 22.1. The Morgan fingerprint density at radius 3 is 2.60 bits per heavy atom. The standard InChI is InChI=1S/C20H26FN5O4/c1-20(2,3)30-19(28)26-6-5-16(14(21)9-26)29-18-13(17(22)27)7-12(8-23-18)15-10-25(4)11-24-15/h7-8,10-11,14,16H,5-6,9H2,1-4H3,(H2,22,27)/t14-,16-/m0/s1. The summed E-state index contributed by atoms with van der Waals surface area (Å²) >= 11 is 0. The van der Waals surface area contributed by atoms with Crippen molar-refractivity contribution in [3.63, 3.8) is 0 Å². The maximum Gasteiger partial charge on any atom is 0.410 e. The number of carbonyl (C=O) groups excluding carboxylic acids is 2. The molecule has 0 spiro atoms. The summed E-state index contributed by atoms with van der Waals surface area (Å²) in [5.41, 5.74) is 6.07. The van der Waals surface area contributed by atoms with Gasteiger partial charge in [0, 0.05) is 38.0 Å². The minimum absolute atomic E-state index is 0.0412. The van der Waals surface area contributed by atoms with Crippen molar-refractivity contribution in [2.75, 3.05) is 13.1 Å². The van der Waals surface area contributed by atoms with E-state index in [1.165, 1.54) is 17.2 Å². The second kappa shape index (κ2) is 8.29. The van der Waals surface area contributed by atoms with Gasteiger partial charge in [0.05, 0.1) is 18.6 Å². The second-order valence-corrected chi connectivity index (χ2v) is 8.25. The van der Waals surface area contributed by atoms with Crippen LogP contribution < -0.4 is 10.5 Å². The number of piperidine rings is 1. The van der Waals surface area contributed by atoms with Crippen molar-refractivity contribution in [2.24, 2.45) is 12.8 Å². The zero-order valence-electron chi connectivity index (χ0n) is 17.5. The first-order valence-electron chi connectivity index (χ1n) is 9.60. The summed E-state index contributed by atoms with van der Waals surface area (Å²) in [5, 5.41) is 0. The van der Waals surface area contributed by atoms with Gasteiger partial charge in [0.1, 0.15) is 17.3 Å². The number of aromatic nitrogens is 3. The summed E-state index contributed by atoms with van der Waals surface area (Å²) in [5.74, 6) is -0.780. The smallest absolute Gasteiger partial charge is 0.410 e. The highest BCUT2D eigenvalue weighted by molar-refractivity contribution is 5.96. The highest BCUT2D eigenvalue weighted by atomic mass is 19.1. The first-order chi connectivity index (χ1) is 14.0. The van der Waals surface area contributed by atoms with Crippen LogP contribution in [0.2, 0.25) is 0 Å². The molecule has 1 saturated heterocycles. The molecule has 0 aromatic carbocycles. The first kappa shape index (κ1) is 21.5. The maximum atomic E-state index is 14.7. The SMILES string of the molecule is Cn1cnc(-c2cnc(O[C@H]3CCN(C(=O)OC(C)(C)C)C[C@@H]3F)c(C(N)=O)c2)c1. The highest BCUT2D eigenvalue weighted by Crippen LogP contribution is 2.27. The molecule has 0 bridgehead atoms. The fourth-order valence-electron chi connectivity index (χ4n) is 3.08. The van der Waals surface area contributed by atoms with Crippen molar-refractivity contribution in [3.05, 3.63) is 30.4 Å². The quantitative estimate of drug-likeness (QED) is 0.814. The first-order valence-corrected chi connectivity index (χ1v) is 9.60. The minimum atomic E-state index is -1.47. The van der Waals surface area contributed by atoms with Gasteiger partial charge in [-0.25, -0.2) is 19.2 Å². The molecule has 3 heterocycles. The summed E-state index contributed by atoms with van der Waals surface area (Å²) in [6.07, 6.45) is 2.20. The van der Waals surface area contributed by atoms with Crippen molar-refractivity contribution >= 4 is 12.0 Å². The van der Waals surface area contributed by atoms with E-state index >= 15 is 0 Å². The van der Waals surface area contributed by atoms with Gasteiger partial charge in [-0.05, 0) is 26.8 Å². The van der Waals surface area contributed by atoms with Crippen LogP contribution in [0, 0.1) is 0 Å². The van der Waals surface area contributed by atoms with Crippen molar-refractivity contribution < 1.29 is 23.5 Å². The topological polar surface area (TPSA) is 113 Å². The van der Waals surface area contributed by atoms with Crippen molar-refractivity contribution in [1.82, 2.24) is 19.4 Å². The van der Waals surface area contributed by atoms with Gasteiger partial charge in [-0.2, -0.15) is 0 Å². The molecule has 1 fully saturated rings. The summed E-state index contributed by atoms with van der Waals surface area (Å²) in [7, 11) is 1.82. The number of carbonyl (C=O) groups is 2. The summed E-state index contributed by atoms with van der Waals surface area (Å²) in [6, 6.07) is 1.52. The Labute approximate surface area is 174 Å². The second-order valence-electron chi connectivity index (χ2n) is 8.25. The van der Waals surface area contributed by atoms with Crippen LogP contribution in [-0.2, 0) is 11.8 Å². The number of nitrogens with zero attached hydrogens (tertiary/aromatic N) is 4. The average Bonchev–Trinajstić information content (AvgIpc) is 3.08. The lowest BCUT2D eigenvalue weighted by atomic mass is 10.1. The molecule has 0 saturated carbocycles. The molecular formula is C20H26FN5O4. The molecule has 2 aromatic heterocycles. The molecule has 1 aliphatic heterocycles. The maximum absolute atomic E-state index is 14.7. The van der Waals surface area contributed by atoms with E-state index in [1.54, 1.807) is 37.9 Å². The number of amides is 2. The van der Waals surface area contributed by atoms with Crippen LogP contribution in [-0.4, -0.2) is 62.4 Å².